The molecule has 1 N–H and O–H groups in total. The molecule has 0 unspecified atom stereocenters. The van der Waals surface area contributed by atoms with E-state index in [1.807, 2.05) is 0 Å². The maximum absolute atomic E-state index is 12.7. The number of nitrogens with one attached hydrogen (secondary N) is 1. The fraction of sp³-hybridized carbons (Fsp3) is 0.462. The van der Waals surface area contributed by atoms with Gasteiger partial charge in [0.15, 0.2) is 0 Å². The molecule has 0 amide bonds. The van der Waals surface area contributed by atoms with Crippen molar-refractivity contribution >= 4 is 18.2 Å². The van der Waals surface area contributed by atoms with Gasteiger partial charge < -0.3 is 5.32 Å². The van der Waals surface area contributed by atoms with Gasteiger partial charge in [0.25, 0.3) is 0 Å². The average Bonchev–Trinajstić information content (AvgIpc) is 2.33. The molecule has 1 heterocycles. The molecule has 0 atom stereocenters. The van der Waals surface area contributed by atoms with Crippen molar-refractivity contribution in [2.24, 2.45) is 5.92 Å². The number of hydrogen-bond donors (Lipinski definition) is 1. The zero-order valence-electron chi connectivity index (χ0n) is 9.62. The third-order valence-corrected chi connectivity index (χ3v) is 3.09. The number of hydrogen-bond acceptors (Lipinski definition) is 2. The van der Waals surface area contributed by atoms with Crippen molar-refractivity contribution in [1.82, 2.24) is 5.32 Å². The van der Waals surface area contributed by atoms with Crippen LogP contribution in [0, 0.1) is 11.7 Å². The summed E-state index contributed by atoms with van der Waals surface area (Å²) in [6.07, 6.45) is 2.30. The molecule has 2 nitrogen and oxygen atoms in total. The SMILES string of the molecule is Cl.O=C(Cc1ccc(F)cc1)C1CCNCC1. The fourth-order valence-electron chi connectivity index (χ4n) is 2.09. The summed E-state index contributed by atoms with van der Waals surface area (Å²) in [5.41, 5.74) is 0.907. The van der Waals surface area contributed by atoms with E-state index in [-0.39, 0.29) is 29.9 Å². The first-order chi connectivity index (χ1) is 7.75. The van der Waals surface area contributed by atoms with Gasteiger partial charge in [0.2, 0.25) is 0 Å². The molecule has 0 spiro atoms. The van der Waals surface area contributed by atoms with Crippen molar-refractivity contribution in [2.75, 3.05) is 13.1 Å². The predicted molar refractivity (Wildman–Crippen MR) is 68.0 cm³/mol. The number of carbonyl (C=O) groups excluding carboxylic acids is 1. The van der Waals surface area contributed by atoms with E-state index < -0.39 is 0 Å². The summed E-state index contributed by atoms with van der Waals surface area (Å²) < 4.78 is 12.7. The highest BCUT2D eigenvalue weighted by Gasteiger charge is 2.20. The first-order valence-corrected chi connectivity index (χ1v) is 5.73. The van der Waals surface area contributed by atoms with Gasteiger partial charge in [0.05, 0.1) is 0 Å². The smallest absolute Gasteiger partial charge is 0.140 e. The minimum Gasteiger partial charge on any atom is -0.317 e. The Kier molecular flexibility index (Phi) is 5.59. The van der Waals surface area contributed by atoms with Gasteiger partial charge in [-0.3, -0.25) is 4.79 Å². The Morgan fingerprint density at radius 3 is 2.41 bits per heavy atom. The normalized spacial score (nSPS) is 16.3. The standard InChI is InChI=1S/C13H16FNO.ClH/c14-12-3-1-10(2-4-12)9-13(16)11-5-7-15-8-6-11;/h1-4,11,15H,5-9H2;1H. The first-order valence-electron chi connectivity index (χ1n) is 5.73. The number of Topliss-reactive ketones (excluding diaryl/α,β-unsaturated/α-hetero) is 1. The maximum atomic E-state index is 12.7. The second-order valence-electron chi connectivity index (χ2n) is 4.29. The van der Waals surface area contributed by atoms with Crippen molar-refractivity contribution in [1.29, 1.82) is 0 Å². The lowest BCUT2D eigenvalue weighted by molar-refractivity contribution is -0.122. The van der Waals surface area contributed by atoms with Gasteiger partial charge in [-0.15, -0.1) is 12.4 Å². The van der Waals surface area contributed by atoms with Crippen LogP contribution >= 0.6 is 12.4 Å². The summed E-state index contributed by atoms with van der Waals surface area (Å²) in [6, 6.07) is 6.19. The molecule has 1 aliphatic heterocycles. The van der Waals surface area contributed by atoms with Gasteiger partial charge in [0, 0.05) is 12.3 Å². The van der Waals surface area contributed by atoms with E-state index >= 15 is 0 Å². The highest BCUT2D eigenvalue weighted by molar-refractivity contribution is 5.85. The highest BCUT2D eigenvalue weighted by atomic mass is 35.5. The van der Waals surface area contributed by atoms with Gasteiger partial charge in [-0.25, -0.2) is 4.39 Å². The molecule has 1 fully saturated rings. The van der Waals surface area contributed by atoms with Crippen molar-refractivity contribution in [3.05, 3.63) is 35.6 Å². The van der Waals surface area contributed by atoms with Crippen molar-refractivity contribution in [3.8, 4) is 0 Å². The minimum atomic E-state index is -0.252. The zero-order valence-corrected chi connectivity index (χ0v) is 10.4. The molecule has 17 heavy (non-hydrogen) atoms. The van der Waals surface area contributed by atoms with E-state index in [0.29, 0.717) is 6.42 Å². The number of rotatable bonds is 3. The molecular formula is C13H17ClFNO. The van der Waals surface area contributed by atoms with Crippen molar-refractivity contribution < 1.29 is 9.18 Å². The summed E-state index contributed by atoms with van der Waals surface area (Å²) in [7, 11) is 0. The summed E-state index contributed by atoms with van der Waals surface area (Å²) in [5, 5.41) is 3.24. The lowest BCUT2D eigenvalue weighted by Crippen LogP contribution is -2.32. The monoisotopic (exact) mass is 257 g/mol. The van der Waals surface area contributed by atoms with E-state index in [9.17, 15) is 9.18 Å². The van der Waals surface area contributed by atoms with Crippen molar-refractivity contribution in [2.45, 2.75) is 19.3 Å². The average molecular weight is 258 g/mol. The van der Waals surface area contributed by atoms with Gasteiger partial charge in [-0.05, 0) is 43.6 Å². The van der Waals surface area contributed by atoms with E-state index in [1.165, 1.54) is 12.1 Å². The van der Waals surface area contributed by atoms with Crippen LogP contribution in [0.5, 0.6) is 0 Å². The molecule has 0 aromatic heterocycles. The molecule has 1 aromatic carbocycles. The summed E-state index contributed by atoms with van der Waals surface area (Å²) in [4.78, 5) is 11.9. The largest absolute Gasteiger partial charge is 0.317 e. The predicted octanol–water partition coefficient (Wildman–Crippen LogP) is 2.36. The lowest BCUT2D eigenvalue weighted by Gasteiger charge is -2.21. The number of halogens is 2. The quantitative estimate of drug-likeness (QED) is 0.901. The molecule has 0 radical (unpaired) electrons. The van der Waals surface area contributed by atoms with Crippen LogP contribution in [0.3, 0.4) is 0 Å². The van der Waals surface area contributed by atoms with Crippen LogP contribution in [0.1, 0.15) is 18.4 Å². The van der Waals surface area contributed by atoms with Gasteiger partial charge >= 0.3 is 0 Å². The van der Waals surface area contributed by atoms with E-state index in [1.54, 1.807) is 12.1 Å². The third-order valence-electron chi connectivity index (χ3n) is 3.09. The van der Waals surface area contributed by atoms with E-state index in [4.69, 9.17) is 0 Å². The van der Waals surface area contributed by atoms with E-state index in [2.05, 4.69) is 5.32 Å². The second-order valence-corrected chi connectivity index (χ2v) is 4.29. The Hall–Kier alpha value is -0.930. The Labute approximate surface area is 107 Å². The Morgan fingerprint density at radius 1 is 1.24 bits per heavy atom. The van der Waals surface area contributed by atoms with Gasteiger partial charge in [-0.1, -0.05) is 12.1 Å². The molecule has 1 aromatic rings. The minimum absolute atomic E-state index is 0. The van der Waals surface area contributed by atoms with Crippen LogP contribution in [-0.4, -0.2) is 18.9 Å². The Morgan fingerprint density at radius 2 is 1.82 bits per heavy atom. The molecule has 1 saturated heterocycles. The van der Waals surface area contributed by atoms with Crippen LogP contribution in [0.25, 0.3) is 0 Å². The molecule has 2 rings (SSSR count). The maximum Gasteiger partial charge on any atom is 0.140 e. The Balaban J connectivity index is 0.00000144. The van der Waals surface area contributed by atoms with Crippen molar-refractivity contribution in [3.63, 3.8) is 0 Å². The molecule has 94 valence electrons. The number of ketones is 1. The molecular weight excluding hydrogens is 241 g/mol. The van der Waals surface area contributed by atoms with Crippen LogP contribution in [-0.2, 0) is 11.2 Å². The molecule has 0 saturated carbocycles. The van der Waals surface area contributed by atoms with Crippen LogP contribution in [0.2, 0.25) is 0 Å². The number of carbonyl (C=O) groups is 1. The highest BCUT2D eigenvalue weighted by Crippen LogP contribution is 2.15. The second kappa shape index (κ2) is 6.72. The van der Waals surface area contributed by atoms with Crippen LogP contribution in [0.15, 0.2) is 24.3 Å². The molecule has 0 bridgehead atoms. The third kappa shape index (κ3) is 4.10. The topological polar surface area (TPSA) is 29.1 Å². The van der Waals surface area contributed by atoms with Crippen LogP contribution in [0.4, 0.5) is 4.39 Å². The lowest BCUT2D eigenvalue weighted by atomic mass is 9.90. The first kappa shape index (κ1) is 14.1. The number of piperidine rings is 1. The molecule has 1 aliphatic rings. The Bertz CT molecular complexity index is 360. The summed E-state index contributed by atoms with van der Waals surface area (Å²) >= 11 is 0. The molecule has 0 aliphatic carbocycles. The summed E-state index contributed by atoms with van der Waals surface area (Å²) in [5.74, 6) is 0.220. The van der Waals surface area contributed by atoms with Gasteiger partial charge in [-0.2, -0.15) is 0 Å². The van der Waals surface area contributed by atoms with Crippen LogP contribution < -0.4 is 5.32 Å². The number of benzene rings is 1. The zero-order chi connectivity index (χ0) is 11.4. The van der Waals surface area contributed by atoms with Gasteiger partial charge in [0.1, 0.15) is 11.6 Å². The van der Waals surface area contributed by atoms with E-state index in [0.717, 1.165) is 31.5 Å². The fourth-order valence-corrected chi connectivity index (χ4v) is 2.09. The molecule has 4 heteroatoms. The summed E-state index contributed by atoms with van der Waals surface area (Å²) in [6.45, 7) is 1.86.